The second-order valence-corrected chi connectivity index (χ2v) is 7.40. The summed E-state index contributed by atoms with van der Waals surface area (Å²) >= 11 is 0. The molecule has 2 amide bonds. The number of nitrogens with one attached hydrogen (secondary N) is 2. The fourth-order valence-corrected chi connectivity index (χ4v) is 3.39. The van der Waals surface area contributed by atoms with E-state index in [1.165, 1.54) is 6.92 Å². The molecule has 3 N–H and O–H groups in total. The van der Waals surface area contributed by atoms with Crippen LogP contribution < -0.4 is 10.6 Å². The van der Waals surface area contributed by atoms with Crippen molar-refractivity contribution in [3.63, 3.8) is 0 Å². The number of benzene rings is 2. The van der Waals surface area contributed by atoms with Crippen molar-refractivity contribution >= 4 is 12.0 Å². The van der Waals surface area contributed by atoms with Gasteiger partial charge in [-0.05, 0) is 30.7 Å². The Bertz CT molecular complexity index is 1280. The van der Waals surface area contributed by atoms with Crippen LogP contribution in [0.1, 0.15) is 12.5 Å². The fourth-order valence-electron chi connectivity index (χ4n) is 3.39. The van der Waals surface area contributed by atoms with E-state index < -0.39 is 18.0 Å². The second kappa shape index (κ2) is 9.35. The first-order chi connectivity index (χ1) is 15.9. The molecule has 4 rings (SSSR count). The number of aromatic nitrogens is 4. The predicted molar refractivity (Wildman–Crippen MR) is 120 cm³/mol. The van der Waals surface area contributed by atoms with E-state index in [2.05, 4.69) is 25.9 Å². The number of carbonyl (C=O) groups is 2. The molecule has 0 fully saturated rings. The third-order valence-electron chi connectivity index (χ3n) is 5.02. The van der Waals surface area contributed by atoms with Gasteiger partial charge in [0.1, 0.15) is 6.04 Å². The van der Waals surface area contributed by atoms with Crippen LogP contribution in [0.15, 0.2) is 65.2 Å². The molecule has 0 aliphatic carbocycles. The van der Waals surface area contributed by atoms with Crippen molar-refractivity contribution in [1.82, 2.24) is 30.6 Å². The predicted octanol–water partition coefficient (Wildman–Crippen LogP) is 3.08. The quantitative estimate of drug-likeness (QED) is 0.397. The Morgan fingerprint density at radius 1 is 1.06 bits per heavy atom. The van der Waals surface area contributed by atoms with E-state index in [0.29, 0.717) is 17.3 Å². The summed E-state index contributed by atoms with van der Waals surface area (Å²) in [4.78, 5) is 22.8. The second-order valence-electron chi connectivity index (χ2n) is 7.40. The summed E-state index contributed by atoms with van der Waals surface area (Å²) in [6, 6.07) is 16.2. The summed E-state index contributed by atoms with van der Waals surface area (Å²) in [5, 5.41) is 26.3. The van der Waals surface area contributed by atoms with Crippen LogP contribution in [0.2, 0.25) is 0 Å². The van der Waals surface area contributed by atoms with E-state index in [0.717, 1.165) is 22.4 Å². The van der Waals surface area contributed by atoms with E-state index in [-0.39, 0.29) is 6.54 Å². The Morgan fingerprint density at radius 2 is 1.79 bits per heavy atom. The van der Waals surface area contributed by atoms with E-state index in [9.17, 15) is 9.59 Å². The highest BCUT2D eigenvalue weighted by molar-refractivity contribution is 5.84. The largest absolute Gasteiger partial charge is 0.465 e. The molecule has 0 aliphatic heterocycles. The lowest BCUT2D eigenvalue weighted by Gasteiger charge is -2.12. The van der Waals surface area contributed by atoms with Gasteiger partial charge in [0.05, 0.1) is 17.5 Å². The van der Waals surface area contributed by atoms with Gasteiger partial charge in [0.25, 0.3) is 5.89 Å². The van der Waals surface area contributed by atoms with Crippen molar-refractivity contribution < 1.29 is 19.1 Å². The van der Waals surface area contributed by atoms with Crippen molar-refractivity contribution in [1.29, 1.82) is 0 Å². The minimum absolute atomic E-state index is 0.240. The van der Waals surface area contributed by atoms with Crippen LogP contribution in [-0.4, -0.2) is 43.1 Å². The van der Waals surface area contributed by atoms with Gasteiger partial charge < -0.3 is 20.2 Å². The smallest absolute Gasteiger partial charge is 0.405 e. The van der Waals surface area contributed by atoms with Crippen LogP contribution in [0.25, 0.3) is 34.2 Å². The minimum atomic E-state index is -1.25. The highest BCUT2D eigenvalue weighted by Crippen LogP contribution is 2.32. The fraction of sp³-hybridized carbons (Fsp3) is 0.174. The molecule has 0 saturated carbocycles. The lowest BCUT2D eigenvalue weighted by atomic mass is 10.0. The molecule has 33 heavy (non-hydrogen) atoms. The van der Waals surface area contributed by atoms with Gasteiger partial charge in [-0.1, -0.05) is 36.4 Å². The summed E-state index contributed by atoms with van der Waals surface area (Å²) in [7, 11) is 1.82. The van der Waals surface area contributed by atoms with Gasteiger partial charge in [0, 0.05) is 24.7 Å². The number of carboxylic acid groups (broad SMARTS) is 1. The van der Waals surface area contributed by atoms with Crippen molar-refractivity contribution in [3.8, 4) is 34.2 Å². The first-order valence-electron chi connectivity index (χ1n) is 10.2. The highest BCUT2D eigenvalue weighted by atomic mass is 16.4. The molecule has 2 heterocycles. The van der Waals surface area contributed by atoms with Crippen LogP contribution in [0, 0.1) is 0 Å². The van der Waals surface area contributed by atoms with Gasteiger partial charge in [0.15, 0.2) is 0 Å². The number of hydrogen-bond acceptors (Lipinski definition) is 6. The average Bonchev–Trinajstić information content (AvgIpc) is 3.44. The maximum atomic E-state index is 12.1. The maximum absolute atomic E-state index is 12.1. The first kappa shape index (κ1) is 21.8. The lowest BCUT2D eigenvalue weighted by molar-refractivity contribution is -0.122. The third-order valence-corrected chi connectivity index (χ3v) is 5.02. The molecule has 0 aliphatic rings. The van der Waals surface area contributed by atoms with Crippen LogP contribution in [0.5, 0.6) is 0 Å². The van der Waals surface area contributed by atoms with E-state index >= 15 is 0 Å². The Kier molecular flexibility index (Phi) is 6.16. The number of amides is 2. The normalized spacial score (nSPS) is 11.7. The Labute approximate surface area is 189 Å². The molecule has 2 aromatic heterocycles. The molecule has 10 heteroatoms. The molecule has 0 unspecified atom stereocenters. The topological polar surface area (TPSA) is 135 Å². The lowest BCUT2D eigenvalue weighted by Crippen LogP contribution is -2.43. The minimum Gasteiger partial charge on any atom is -0.465 e. The average molecular weight is 446 g/mol. The van der Waals surface area contributed by atoms with E-state index in [4.69, 9.17) is 9.52 Å². The van der Waals surface area contributed by atoms with Crippen LogP contribution >= 0.6 is 0 Å². The molecule has 0 saturated heterocycles. The Morgan fingerprint density at radius 3 is 2.55 bits per heavy atom. The van der Waals surface area contributed by atoms with Crippen LogP contribution in [0.3, 0.4) is 0 Å². The third kappa shape index (κ3) is 4.90. The molecule has 10 nitrogen and oxygen atoms in total. The number of nitrogens with zero attached hydrogens (tertiary/aromatic N) is 4. The summed E-state index contributed by atoms with van der Waals surface area (Å²) in [6.45, 7) is 1.72. The van der Waals surface area contributed by atoms with Gasteiger partial charge in [-0.2, -0.15) is 5.10 Å². The SMILES string of the molecule is C[C@H](NC(=O)O)C(=O)NCc1cccc(-c2c(-c3nnc(-c4ccccc4)o3)cnn2C)c1. The van der Waals surface area contributed by atoms with Crippen LogP contribution in [-0.2, 0) is 18.4 Å². The summed E-state index contributed by atoms with van der Waals surface area (Å²) < 4.78 is 7.63. The standard InChI is InChI=1S/C23H22N6O4/c1-14(26-23(31)32)20(30)24-12-15-7-6-10-17(11-15)19-18(13-25-29(19)2)22-28-27-21(33-22)16-8-4-3-5-9-16/h3-11,13-14,26H,12H2,1-2H3,(H,24,30)(H,31,32)/t14-/m0/s1. The monoisotopic (exact) mass is 446 g/mol. The Hall–Kier alpha value is -4.47. The Balaban J connectivity index is 1.56. The van der Waals surface area contributed by atoms with Gasteiger partial charge in [0.2, 0.25) is 11.8 Å². The van der Waals surface area contributed by atoms with E-state index in [1.54, 1.807) is 10.9 Å². The first-order valence-corrected chi connectivity index (χ1v) is 10.2. The molecular weight excluding hydrogens is 424 g/mol. The molecule has 0 bridgehead atoms. The van der Waals surface area contributed by atoms with Gasteiger partial charge in [-0.15, -0.1) is 10.2 Å². The number of hydrogen-bond donors (Lipinski definition) is 3. The number of carbonyl (C=O) groups excluding carboxylic acids is 1. The van der Waals surface area contributed by atoms with Crippen molar-refractivity contribution in [2.24, 2.45) is 7.05 Å². The van der Waals surface area contributed by atoms with Gasteiger partial charge >= 0.3 is 6.09 Å². The number of rotatable bonds is 7. The molecular formula is C23H22N6O4. The van der Waals surface area contributed by atoms with Crippen LogP contribution in [0.4, 0.5) is 4.79 Å². The van der Waals surface area contributed by atoms with Gasteiger partial charge in [-0.3, -0.25) is 9.48 Å². The maximum Gasteiger partial charge on any atom is 0.405 e. The van der Waals surface area contributed by atoms with Crippen molar-refractivity contribution in [3.05, 3.63) is 66.4 Å². The molecule has 2 aromatic carbocycles. The van der Waals surface area contributed by atoms with Crippen molar-refractivity contribution in [2.75, 3.05) is 0 Å². The zero-order valence-electron chi connectivity index (χ0n) is 18.0. The zero-order chi connectivity index (χ0) is 23.4. The highest BCUT2D eigenvalue weighted by Gasteiger charge is 2.19. The zero-order valence-corrected chi connectivity index (χ0v) is 18.0. The van der Waals surface area contributed by atoms with Crippen molar-refractivity contribution in [2.45, 2.75) is 19.5 Å². The number of aryl methyl sites for hydroxylation is 1. The molecule has 1 atom stereocenters. The molecule has 0 radical (unpaired) electrons. The summed E-state index contributed by atoms with van der Waals surface area (Å²) in [5.74, 6) is 0.355. The molecule has 168 valence electrons. The summed E-state index contributed by atoms with van der Waals surface area (Å²) in [6.07, 6.45) is 0.422. The van der Waals surface area contributed by atoms with Gasteiger partial charge in [-0.25, -0.2) is 4.79 Å². The molecule has 0 spiro atoms. The summed E-state index contributed by atoms with van der Waals surface area (Å²) in [5.41, 5.74) is 3.99. The molecule has 4 aromatic rings. The van der Waals surface area contributed by atoms with E-state index in [1.807, 2.05) is 61.6 Å².